The first-order valence-corrected chi connectivity index (χ1v) is 9.95. The maximum atomic E-state index is 12.4. The lowest BCUT2D eigenvalue weighted by atomic mass is 10.1. The fraction of sp³-hybridized carbons (Fsp3) is 0.208. The van der Waals surface area contributed by atoms with Crippen LogP contribution in [0, 0.1) is 13.8 Å². The van der Waals surface area contributed by atoms with E-state index in [-0.39, 0.29) is 5.91 Å². The second-order valence-corrected chi connectivity index (χ2v) is 7.13. The minimum absolute atomic E-state index is 0.150. The molecule has 0 saturated heterocycles. The van der Waals surface area contributed by atoms with E-state index < -0.39 is 0 Å². The number of pyridine rings is 1. The number of carbonyl (C=O) groups excluding carboxylic acids is 1. The summed E-state index contributed by atoms with van der Waals surface area (Å²) in [5.41, 5.74) is 4.86. The van der Waals surface area contributed by atoms with Crippen LogP contribution in [-0.4, -0.2) is 27.0 Å². The number of aromatic nitrogens is 3. The molecule has 0 unspecified atom stereocenters. The highest BCUT2D eigenvalue weighted by Gasteiger charge is 2.13. The minimum atomic E-state index is -0.150. The van der Waals surface area contributed by atoms with E-state index in [0.717, 1.165) is 28.2 Å². The molecule has 1 N–H and O–H groups in total. The zero-order chi connectivity index (χ0) is 20.9. The summed E-state index contributed by atoms with van der Waals surface area (Å²) in [6, 6.07) is 17.4. The third-order valence-corrected chi connectivity index (χ3v) is 5.21. The molecule has 0 aliphatic carbocycles. The van der Waals surface area contributed by atoms with Gasteiger partial charge in [-0.2, -0.15) is 0 Å². The number of benzene rings is 2. The molecule has 0 saturated carbocycles. The monoisotopic (exact) mass is 400 g/mol. The average molecular weight is 400 g/mol. The lowest BCUT2D eigenvalue weighted by molar-refractivity contribution is 0.0949. The Bertz CT molecular complexity index is 1170. The molecule has 4 rings (SSSR count). The molecule has 0 fully saturated rings. The number of ether oxygens (including phenoxy) is 1. The molecule has 0 spiro atoms. The summed E-state index contributed by atoms with van der Waals surface area (Å²) in [4.78, 5) is 21.1. The van der Waals surface area contributed by atoms with Crippen molar-refractivity contribution in [3.63, 3.8) is 0 Å². The van der Waals surface area contributed by atoms with Gasteiger partial charge in [-0.3, -0.25) is 9.78 Å². The van der Waals surface area contributed by atoms with Gasteiger partial charge >= 0.3 is 0 Å². The zero-order valence-electron chi connectivity index (χ0n) is 17.1. The van der Waals surface area contributed by atoms with Crippen LogP contribution in [0.15, 0.2) is 67.0 Å². The quantitative estimate of drug-likeness (QED) is 0.508. The average Bonchev–Trinajstić information content (AvgIpc) is 3.13. The Morgan fingerprint density at radius 1 is 1.03 bits per heavy atom. The smallest absolute Gasteiger partial charge is 0.251 e. The van der Waals surface area contributed by atoms with Crippen LogP contribution in [0.3, 0.4) is 0 Å². The first-order chi connectivity index (χ1) is 14.6. The van der Waals surface area contributed by atoms with Crippen LogP contribution < -0.4 is 10.1 Å². The van der Waals surface area contributed by atoms with E-state index in [2.05, 4.69) is 34.8 Å². The van der Waals surface area contributed by atoms with Gasteiger partial charge in [0.05, 0.1) is 24.1 Å². The van der Waals surface area contributed by atoms with Crippen molar-refractivity contribution in [3.8, 4) is 5.75 Å². The van der Waals surface area contributed by atoms with Gasteiger partial charge in [0.1, 0.15) is 18.2 Å². The number of hydrogen-bond acceptors (Lipinski definition) is 4. The van der Waals surface area contributed by atoms with Crippen molar-refractivity contribution < 1.29 is 9.53 Å². The molecular formula is C24H24N4O2. The summed E-state index contributed by atoms with van der Waals surface area (Å²) in [5.74, 6) is 1.54. The molecule has 30 heavy (non-hydrogen) atoms. The molecule has 0 aliphatic rings. The van der Waals surface area contributed by atoms with Crippen LogP contribution in [0.4, 0.5) is 0 Å². The number of imidazole rings is 1. The number of nitrogens with one attached hydrogen (secondary N) is 1. The van der Waals surface area contributed by atoms with Crippen molar-refractivity contribution >= 4 is 16.9 Å². The molecule has 2 aromatic carbocycles. The predicted octanol–water partition coefficient (Wildman–Crippen LogP) is 4.06. The van der Waals surface area contributed by atoms with Gasteiger partial charge in [-0.15, -0.1) is 0 Å². The van der Waals surface area contributed by atoms with Crippen LogP contribution in [-0.2, 0) is 13.1 Å². The largest absolute Gasteiger partial charge is 0.491 e. The maximum absolute atomic E-state index is 12.4. The number of nitrogens with zero attached hydrogens (tertiary/aromatic N) is 3. The fourth-order valence-electron chi connectivity index (χ4n) is 3.40. The van der Waals surface area contributed by atoms with Crippen molar-refractivity contribution in [1.82, 2.24) is 19.9 Å². The van der Waals surface area contributed by atoms with Crippen LogP contribution in [0.5, 0.6) is 5.75 Å². The topological polar surface area (TPSA) is 69.0 Å². The summed E-state index contributed by atoms with van der Waals surface area (Å²) >= 11 is 0. The van der Waals surface area contributed by atoms with E-state index in [0.29, 0.717) is 25.3 Å². The molecule has 0 aliphatic heterocycles. The summed E-state index contributed by atoms with van der Waals surface area (Å²) in [5, 5.41) is 2.95. The van der Waals surface area contributed by atoms with Crippen LogP contribution in [0.25, 0.3) is 11.0 Å². The highest BCUT2D eigenvalue weighted by molar-refractivity contribution is 5.93. The van der Waals surface area contributed by atoms with Crippen LogP contribution >= 0.6 is 0 Å². The number of hydrogen-bond donors (Lipinski definition) is 1. The van der Waals surface area contributed by atoms with E-state index in [1.165, 1.54) is 5.56 Å². The molecule has 2 heterocycles. The van der Waals surface area contributed by atoms with E-state index in [1.807, 2.05) is 36.4 Å². The van der Waals surface area contributed by atoms with Gasteiger partial charge in [-0.25, -0.2) is 4.98 Å². The SMILES string of the molecule is Cc1cccc(OCCn2c(CNC(=O)c3ccncc3)nc3ccccc32)c1C. The summed E-state index contributed by atoms with van der Waals surface area (Å²) in [6.07, 6.45) is 3.21. The second kappa shape index (κ2) is 8.78. The van der Waals surface area contributed by atoms with Gasteiger partial charge in [0, 0.05) is 18.0 Å². The van der Waals surface area contributed by atoms with E-state index in [9.17, 15) is 4.79 Å². The predicted molar refractivity (Wildman–Crippen MR) is 117 cm³/mol. The number of rotatable bonds is 7. The third-order valence-electron chi connectivity index (χ3n) is 5.21. The molecule has 6 heteroatoms. The number of para-hydroxylation sites is 2. The molecule has 0 bridgehead atoms. The normalized spacial score (nSPS) is 10.9. The van der Waals surface area contributed by atoms with Crippen molar-refractivity contribution in [1.29, 1.82) is 0 Å². The van der Waals surface area contributed by atoms with Crippen molar-refractivity contribution in [2.45, 2.75) is 26.9 Å². The molecule has 0 atom stereocenters. The Labute approximate surface area is 175 Å². The number of carbonyl (C=O) groups is 1. The van der Waals surface area contributed by atoms with E-state index >= 15 is 0 Å². The Morgan fingerprint density at radius 3 is 2.67 bits per heavy atom. The molecule has 6 nitrogen and oxygen atoms in total. The minimum Gasteiger partial charge on any atom is -0.491 e. The number of aryl methyl sites for hydroxylation is 1. The van der Waals surface area contributed by atoms with Crippen LogP contribution in [0.1, 0.15) is 27.3 Å². The van der Waals surface area contributed by atoms with Gasteiger partial charge in [0.25, 0.3) is 5.91 Å². The molecule has 4 aromatic rings. The fourth-order valence-corrected chi connectivity index (χ4v) is 3.40. The third kappa shape index (κ3) is 4.17. The highest BCUT2D eigenvalue weighted by atomic mass is 16.5. The van der Waals surface area contributed by atoms with Gasteiger partial charge in [0.15, 0.2) is 0 Å². The summed E-state index contributed by atoms with van der Waals surface area (Å²) in [6.45, 7) is 5.62. The molecule has 2 aromatic heterocycles. The Balaban J connectivity index is 1.50. The van der Waals surface area contributed by atoms with Crippen LogP contribution in [0.2, 0.25) is 0 Å². The van der Waals surface area contributed by atoms with Crippen molar-refractivity contribution in [2.75, 3.05) is 6.61 Å². The molecule has 0 radical (unpaired) electrons. The van der Waals surface area contributed by atoms with Crippen molar-refractivity contribution in [3.05, 3.63) is 89.5 Å². The van der Waals surface area contributed by atoms with Crippen molar-refractivity contribution in [2.24, 2.45) is 0 Å². The Kier molecular flexibility index (Phi) is 5.75. The summed E-state index contributed by atoms with van der Waals surface area (Å²) < 4.78 is 8.15. The number of amides is 1. The van der Waals surface area contributed by atoms with Gasteiger partial charge in [-0.1, -0.05) is 24.3 Å². The zero-order valence-corrected chi connectivity index (χ0v) is 17.1. The highest BCUT2D eigenvalue weighted by Crippen LogP contribution is 2.21. The lowest BCUT2D eigenvalue weighted by Crippen LogP contribution is -2.25. The lowest BCUT2D eigenvalue weighted by Gasteiger charge is -2.13. The van der Waals surface area contributed by atoms with Gasteiger partial charge in [-0.05, 0) is 55.3 Å². The number of fused-ring (bicyclic) bond motifs is 1. The Hall–Kier alpha value is -3.67. The summed E-state index contributed by atoms with van der Waals surface area (Å²) in [7, 11) is 0. The first kappa shape index (κ1) is 19.6. The second-order valence-electron chi connectivity index (χ2n) is 7.13. The van der Waals surface area contributed by atoms with E-state index in [1.54, 1.807) is 24.5 Å². The maximum Gasteiger partial charge on any atom is 0.251 e. The molecule has 152 valence electrons. The van der Waals surface area contributed by atoms with E-state index in [4.69, 9.17) is 9.72 Å². The Morgan fingerprint density at radius 2 is 1.83 bits per heavy atom. The van der Waals surface area contributed by atoms with Gasteiger partial charge in [0.2, 0.25) is 0 Å². The first-order valence-electron chi connectivity index (χ1n) is 9.95. The molecular weight excluding hydrogens is 376 g/mol. The standard InChI is InChI=1S/C24H24N4O2/c1-17-6-5-9-22(18(17)2)30-15-14-28-21-8-4-3-7-20(21)27-23(28)16-26-24(29)19-10-12-25-13-11-19/h3-13H,14-16H2,1-2H3,(H,26,29). The molecule has 1 amide bonds. The van der Waals surface area contributed by atoms with Gasteiger partial charge < -0.3 is 14.6 Å².